The summed E-state index contributed by atoms with van der Waals surface area (Å²) in [7, 11) is 0. The number of para-hydroxylation sites is 2. The predicted octanol–water partition coefficient (Wildman–Crippen LogP) is 4.62. The van der Waals surface area contributed by atoms with E-state index in [1.807, 2.05) is 50.2 Å². The topological polar surface area (TPSA) is 67.9 Å². The highest BCUT2D eigenvalue weighted by molar-refractivity contribution is 6.07. The van der Waals surface area contributed by atoms with Crippen molar-refractivity contribution < 1.29 is 19.1 Å². The van der Waals surface area contributed by atoms with Crippen LogP contribution in [0.5, 0.6) is 11.5 Å². The van der Waals surface area contributed by atoms with Crippen LogP contribution >= 0.6 is 0 Å². The van der Waals surface area contributed by atoms with E-state index in [4.69, 9.17) is 9.47 Å². The summed E-state index contributed by atoms with van der Waals surface area (Å²) in [6.07, 6.45) is 1.67. The van der Waals surface area contributed by atoms with E-state index in [1.54, 1.807) is 29.2 Å². The molecule has 0 aliphatic carbocycles. The third-order valence-corrected chi connectivity index (χ3v) is 5.96. The lowest BCUT2D eigenvalue weighted by Gasteiger charge is -2.18. The molecule has 1 N–H and O–H groups in total. The molecule has 2 aliphatic rings. The fourth-order valence-electron chi connectivity index (χ4n) is 4.44. The van der Waals surface area contributed by atoms with Gasteiger partial charge in [-0.15, -0.1) is 0 Å². The van der Waals surface area contributed by atoms with Crippen molar-refractivity contribution in [3.8, 4) is 11.5 Å². The fraction of sp³-hybridized carbons (Fsp3) is 0.259. The molecule has 5 rings (SSSR count). The summed E-state index contributed by atoms with van der Waals surface area (Å²) in [5.74, 6) is 0.959. The third kappa shape index (κ3) is 4.29. The van der Waals surface area contributed by atoms with Crippen molar-refractivity contribution in [3.05, 3.63) is 83.4 Å². The van der Waals surface area contributed by atoms with Gasteiger partial charge in [-0.25, -0.2) is 0 Å². The van der Waals surface area contributed by atoms with Crippen LogP contribution in [0.4, 0.5) is 11.4 Å². The Hall–Kier alpha value is -3.80. The number of hydrogen-bond donors (Lipinski definition) is 1. The van der Waals surface area contributed by atoms with Gasteiger partial charge in [-0.2, -0.15) is 0 Å². The standard InChI is InChI=1S/C27H26N2O4/c1-27(2)16-20-7-5-9-23(25(20)33-27)32-17-24(30)28-21-12-10-19(11-13-21)26(31)29-15-14-18-6-3-4-8-22(18)29/h3-13H,14-17H2,1-2H3,(H,28,30). The second kappa shape index (κ2) is 8.28. The second-order valence-corrected chi connectivity index (χ2v) is 9.03. The van der Waals surface area contributed by atoms with Gasteiger partial charge < -0.3 is 19.7 Å². The Balaban J connectivity index is 1.19. The molecule has 0 fully saturated rings. The second-order valence-electron chi connectivity index (χ2n) is 9.03. The van der Waals surface area contributed by atoms with Gasteiger partial charge in [-0.3, -0.25) is 9.59 Å². The normalized spacial score (nSPS) is 15.4. The van der Waals surface area contributed by atoms with Crippen LogP contribution in [0, 0.1) is 0 Å². The number of hydrogen-bond acceptors (Lipinski definition) is 4. The zero-order chi connectivity index (χ0) is 23.0. The number of carbonyl (C=O) groups excluding carboxylic acids is 2. The maximum Gasteiger partial charge on any atom is 0.262 e. The van der Waals surface area contributed by atoms with Gasteiger partial charge in [-0.1, -0.05) is 30.3 Å². The third-order valence-electron chi connectivity index (χ3n) is 5.96. The molecule has 2 heterocycles. The zero-order valence-electron chi connectivity index (χ0n) is 18.8. The van der Waals surface area contributed by atoms with Gasteiger partial charge in [0.1, 0.15) is 5.60 Å². The molecule has 6 nitrogen and oxygen atoms in total. The first-order chi connectivity index (χ1) is 15.9. The molecular weight excluding hydrogens is 416 g/mol. The molecule has 3 aromatic rings. The SMILES string of the molecule is CC1(C)Cc2cccc(OCC(=O)Nc3ccc(C(=O)N4CCc5ccccc54)cc3)c2O1. The van der Waals surface area contributed by atoms with Gasteiger partial charge >= 0.3 is 0 Å². The number of amides is 2. The van der Waals surface area contributed by atoms with Gasteiger partial charge in [0.25, 0.3) is 11.8 Å². The zero-order valence-corrected chi connectivity index (χ0v) is 18.8. The molecule has 0 radical (unpaired) electrons. The fourth-order valence-corrected chi connectivity index (χ4v) is 4.44. The Kier molecular flexibility index (Phi) is 5.29. The van der Waals surface area contributed by atoms with Crippen molar-refractivity contribution in [2.24, 2.45) is 0 Å². The average molecular weight is 443 g/mol. The van der Waals surface area contributed by atoms with Crippen LogP contribution in [0.15, 0.2) is 66.7 Å². The lowest BCUT2D eigenvalue weighted by Crippen LogP contribution is -2.28. The van der Waals surface area contributed by atoms with E-state index in [1.165, 1.54) is 5.56 Å². The highest BCUT2D eigenvalue weighted by Crippen LogP contribution is 2.41. The summed E-state index contributed by atoms with van der Waals surface area (Å²) in [5.41, 5.74) is 4.15. The van der Waals surface area contributed by atoms with Crippen LogP contribution in [0.1, 0.15) is 35.3 Å². The van der Waals surface area contributed by atoms with Crippen molar-refractivity contribution in [2.75, 3.05) is 23.4 Å². The average Bonchev–Trinajstić information content (AvgIpc) is 3.37. The van der Waals surface area contributed by atoms with Crippen molar-refractivity contribution in [1.82, 2.24) is 0 Å². The first kappa shape index (κ1) is 21.1. The van der Waals surface area contributed by atoms with E-state index < -0.39 is 0 Å². The van der Waals surface area contributed by atoms with E-state index in [9.17, 15) is 9.59 Å². The maximum absolute atomic E-state index is 12.9. The minimum absolute atomic E-state index is 0.0398. The summed E-state index contributed by atoms with van der Waals surface area (Å²) < 4.78 is 11.7. The predicted molar refractivity (Wildman–Crippen MR) is 127 cm³/mol. The molecule has 0 bridgehead atoms. The number of anilines is 2. The monoisotopic (exact) mass is 442 g/mol. The number of rotatable bonds is 5. The van der Waals surface area contributed by atoms with Crippen molar-refractivity contribution in [2.45, 2.75) is 32.3 Å². The minimum Gasteiger partial charge on any atom is -0.483 e. The number of benzene rings is 3. The number of nitrogens with zero attached hydrogens (tertiary/aromatic N) is 1. The van der Waals surface area contributed by atoms with E-state index in [-0.39, 0.29) is 24.0 Å². The smallest absolute Gasteiger partial charge is 0.262 e. The lowest BCUT2D eigenvalue weighted by atomic mass is 10.0. The minimum atomic E-state index is -0.280. The molecule has 0 atom stereocenters. The van der Waals surface area contributed by atoms with Gasteiger partial charge in [0, 0.05) is 35.5 Å². The Bertz CT molecular complexity index is 1220. The van der Waals surface area contributed by atoms with E-state index in [0.717, 1.165) is 24.1 Å². The number of fused-ring (bicyclic) bond motifs is 2. The summed E-state index contributed by atoms with van der Waals surface area (Å²) >= 11 is 0. The van der Waals surface area contributed by atoms with Crippen LogP contribution in [0.2, 0.25) is 0 Å². The van der Waals surface area contributed by atoms with Crippen molar-refractivity contribution in [3.63, 3.8) is 0 Å². The molecule has 0 spiro atoms. The van der Waals surface area contributed by atoms with Crippen molar-refractivity contribution >= 4 is 23.2 Å². The molecule has 2 aliphatic heterocycles. The quantitative estimate of drug-likeness (QED) is 0.626. The van der Waals surface area contributed by atoms with E-state index in [2.05, 4.69) is 11.4 Å². The molecule has 168 valence electrons. The molecule has 6 heteroatoms. The first-order valence-electron chi connectivity index (χ1n) is 11.1. The molecule has 0 saturated carbocycles. The highest BCUT2D eigenvalue weighted by atomic mass is 16.5. The summed E-state index contributed by atoms with van der Waals surface area (Å²) in [5, 5.41) is 2.82. The molecule has 3 aromatic carbocycles. The molecule has 2 amide bonds. The van der Waals surface area contributed by atoms with Crippen LogP contribution in [-0.4, -0.2) is 30.6 Å². The molecule has 0 aromatic heterocycles. The molecular formula is C27H26N2O4. The molecule has 33 heavy (non-hydrogen) atoms. The Morgan fingerprint density at radius 1 is 1.00 bits per heavy atom. The maximum atomic E-state index is 12.9. The van der Waals surface area contributed by atoms with Crippen LogP contribution < -0.4 is 19.7 Å². The van der Waals surface area contributed by atoms with Crippen LogP contribution in [0.3, 0.4) is 0 Å². The Labute approximate surface area is 193 Å². The van der Waals surface area contributed by atoms with Gasteiger partial charge in [0.05, 0.1) is 0 Å². The summed E-state index contributed by atoms with van der Waals surface area (Å²) in [6.45, 7) is 4.60. The Morgan fingerprint density at radius 3 is 2.58 bits per heavy atom. The van der Waals surface area contributed by atoms with Crippen LogP contribution in [0.25, 0.3) is 0 Å². The molecule has 0 saturated heterocycles. The van der Waals surface area contributed by atoms with Gasteiger partial charge in [-0.05, 0) is 62.2 Å². The lowest BCUT2D eigenvalue weighted by molar-refractivity contribution is -0.118. The van der Waals surface area contributed by atoms with E-state index in [0.29, 0.717) is 29.3 Å². The van der Waals surface area contributed by atoms with Gasteiger partial charge in [0.15, 0.2) is 18.1 Å². The number of ether oxygens (including phenoxy) is 2. The number of nitrogens with one attached hydrogen (secondary N) is 1. The van der Waals surface area contributed by atoms with E-state index >= 15 is 0 Å². The van der Waals surface area contributed by atoms with Crippen molar-refractivity contribution in [1.29, 1.82) is 0 Å². The summed E-state index contributed by atoms with van der Waals surface area (Å²) in [4.78, 5) is 27.2. The summed E-state index contributed by atoms with van der Waals surface area (Å²) in [6, 6.07) is 20.6. The molecule has 0 unspecified atom stereocenters. The first-order valence-corrected chi connectivity index (χ1v) is 11.1. The van der Waals surface area contributed by atoms with Crippen LogP contribution in [-0.2, 0) is 17.6 Å². The largest absolute Gasteiger partial charge is 0.483 e. The van der Waals surface area contributed by atoms with Gasteiger partial charge in [0.2, 0.25) is 0 Å². The number of carbonyl (C=O) groups is 2. The Morgan fingerprint density at radius 2 is 1.76 bits per heavy atom. The highest BCUT2D eigenvalue weighted by Gasteiger charge is 2.32.